The summed E-state index contributed by atoms with van der Waals surface area (Å²) in [5, 5.41) is 11.3. The van der Waals surface area contributed by atoms with Crippen molar-refractivity contribution in [1.29, 1.82) is 0 Å². The third kappa shape index (κ3) is 5.28. The molecule has 0 radical (unpaired) electrons. The maximum atomic E-state index is 6.68. The number of rotatable bonds is 3. The molecule has 0 fully saturated rings. The number of benzene rings is 9. The fourth-order valence-corrected chi connectivity index (χ4v) is 10.6. The minimum atomic E-state index is -0.00320. The molecule has 0 spiro atoms. The first-order valence-electron chi connectivity index (χ1n) is 22.3. The molecule has 0 N–H and O–H groups in total. The maximum absolute atomic E-state index is 6.68. The number of allylic oxidation sites excluding steroid dienone is 1. The molecule has 4 aromatic heterocycles. The Kier molecular flexibility index (Phi) is 7.63. The van der Waals surface area contributed by atoms with Crippen molar-refractivity contribution in [3.8, 4) is 5.69 Å². The summed E-state index contributed by atoms with van der Waals surface area (Å²) in [6, 6.07) is 66.6. The first-order valence-corrected chi connectivity index (χ1v) is 22.3. The Labute approximate surface area is 372 Å². The Morgan fingerprint density at radius 3 is 1.66 bits per heavy atom. The normalized spacial score (nSPS) is 17.3. The largest absolute Gasteiger partial charge is 0.456 e. The van der Waals surface area contributed by atoms with Gasteiger partial charge >= 0.3 is 0 Å². The molecule has 0 bridgehead atoms. The monoisotopic (exact) mass is 834 g/mol. The van der Waals surface area contributed by atoms with Gasteiger partial charge in [-0.25, -0.2) is 9.98 Å². The molecule has 5 heterocycles. The van der Waals surface area contributed by atoms with Crippen molar-refractivity contribution >= 4 is 116 Å². The van der Waals surface area contributed by atoms with Crippen molar-refractivity contribution in [1.82, 2.24) is 9.13 Å². The van der Waals surface area contributed by atoms with Gasteiger partial charge in [-0.3, -0.25) is 4.57 Å². The van der Waals surface area contributed by atoms with E-state index < -0.39 is 0 Å². The summed E-state index contributed by atoms with van der Waals surface area (Å²) in [5.41, 5.74) is 11.5. The van der Waals surface area contributed by atoms with Crippen LogP contribution in [0.1, 0.15) is 24.5 Å². The van der Waals surface area contributed by atoms with Gasteiger partial charge in [-0.15, -0.1) is 0 Å². The second-order valence-corrected chi connectivity index (χ2v) is 17.3. The van der Waals surface area contributed by atoms with Crippen LogP contribution in [0.4, 0.5) is 0 Å². The van der Waals surface area contributed by atoms with Gasteiger partial charge in [-0.05, 0) is 77.9 Å². The number of para-hydroxylation sites is 5. The zero-order valence-corrected chi connectivity index (χ0v) is 35.4. The van der Waals surface area contributed by atoms with E-state index in [-0.39, 0.29) is 5.92 Å². The molecule has 1 unspecified atom stereocenters. The van der Waals surface area contributed by atoms with Crippen LogP contribution in [-0.2, 0) is 0 Å². The van der Waals surface area contributed by atoms with Gasteiger partial charge in [0.25, 0.3) is 0 Å². The number of aliphatic imine (C=N–C) groups is 2. The van der Waals surface area contributed by atoms with Gasteiger partial charge in [0.1, 0.15) is 28.2 Å². The smallest absolute Gasteiger partial charge is 0.162 e. The molecule has 6 nitrogen and oxygen atoms in total. The molecular weight excluding hydrogens is 797 g/mol. The van der Waals surface area contributed by atoms with Gasteiger partial charge in [-0.1, -0.05) is 140 Å². The van der Waals surface area contributed by atoms with Crippen LogP contribution in [0.15, 0.2) is 213 Å². The Morgan fingerprint density at radius 2 is 0.969 bits per heavy atom. The van der Waals surface area contributed by atoms with Crippen molar-refractivity contribution in [2.45, 2.75) is 13.3 Å². The average Bonchev–Trinajstić information content (AvgIpc) is 4.10. The minimum Gasteiger partial charge on any atom is -0.456 e. The molecule has 1 aliphatic rings. The van der Waals surface area contributed by atoms with E-state index in [0.717, 1.165) is 94.3 Å². The summed E-state index contributed by atoms with van der Waals surface area (Å²) in [5.74, 6) is 1.55. The van der Waals surface area contributed by atoms with Gasteiger partial charge in [0.05, 0.1) is 38.8 Å². The number of fused-ring (bicyclic) bond motifs is 13. The molecule has 6 heteroatoms. The Balaban J connectivity index is 1.11. The highest BCUT2D eigenvalue weighted by Crippen LogP contribution is 2.44. The van der Waals surface area contributed by atoms with E-state index in [9.17, 15) is 0 Å². The van der Waals surface area contributed by atoms with E-state index >= 15 is 0 Å². The van der Waals surface area contributed by atoms with E-state index in [1.807, 2.05) is 24.3 Å². The van der Waals surface area contributed by atoms with Crippen LogP contribution in [0.3, 0.4) is 0 Å². The predicted molar refractivity (Wildman–Crippen MR) is 270 cm³/mol. The summed E-state index contributed by atoms with van der Waals surface area (Å²) in [6.07, 6.45) is 3.03. The number of hydrogen-bond donors (Lipinski definition) is 0. The lowest BCUT2D eigenvalue weighted by Gasteiger charge is -2.22. The van der Waals surface area contributed by atoms with Crippen LogP contribution in [0.25, 0.3) is 110 Å². The predicted octanol–water partition coefficient (Wildman–Crippen LogP) is 15.6. The number of amidine groups is 1. The zero-order chi connectivity index (χ0) is 42.8. The standard InChI is InChI=1S/C59H38N4O2/c1-35-29-31-46(41-30-32-54-56(43-21-8-13-27-52(43)65-54)57(41)62-47-23-9-6-19-40(47)45-33-36-15-2-3-16-37(36)34-50(45)62)60-58(44-22-14-28-53-55(44)42-20-7-12-26-51(42)64-53)61-59(35)63-48-24-10-4-17-38(48)39-18-5-11-25-49(39)63/h2-28,30-35H,29H2,1H3/b46-31+,60-58-,61-59+. The molecular formula is C59H38N4O2. The Hall–Kier alpha value is -8.48. The fraction of sp³-hybridized carbons (Fsp3) is 0.0508. The molecule has 65 heavy (non-hydrogen) atoms. The van der Waals surface area contributed by atoms with Crippen LogP contribution in [0.2, 0.25) is 0 Å². The van der Waals surface area contributed by atoms with Crippen molar-refractivity contribution in [3.63, 3.8) is 0 Å². The van der Waals surface area contributed by atoms with Gasteiger partial charge in [0.15, 0.2) is 5.84 Å². The highest BCUT2D eigenvalue weighted by Gasteiger charge is 2.27. The van der Waals surface area contributed by atoms with Gasteiger partial charge in [-0.2, -0.15) is 0 Å². The van der Waals surface area contributed by atoms with E-state index in [1.54, 1.807) is 0 Å². The number of furan rings is 2. The first kappa shape index (κ1) is 36.0. The summed E-state index contributed by atoms with van der Waals surface area (Å²) in [7, 11) is 0. The second kappa shape index (κ2) is 13.8. The van der Waals surface area contributed by atoms with Gasteiger partial charge in [0, 0.05) is 54.7 Å². The van der Waals surface area contributed by atoms with Crippen LogP contribution in [-0.4, -0.2) is 20.8 Å². The topological polar surface area (TPSA) is 60.9 Å². The first-order chi connectivity index (χ1) is 32.2. The van der Waals surface area contributed by atoms with Gasteiger partial charge in [0.2, 0.25) is 0 Å². The average molecular weight is 835 g/mol. The van der Waals surface area contributed by atoms with E-state index in [4.69, 9.17) is 18.8 Å². The molecule has 1 atom stereocenters. The summed E-state index contributed by atoms with van der Waals surface area (Å²) < 4.78 is 18.0. The highest BCUT2D eigenvalue weighted by atomic mass is 16.3. The SMILES string of the molecule is CC1C/C=C(c2ccc3oc4ccccc4c3c2-n2c3ccccc3c3cc4ccccc4cc32)/N=C(c2cccc3oc4ccccc4c23)\N=C/1n1c2ccccc2c2ccccc21. The fourth-order valence-electron chi connectivity index (χ4n) is 10.6. The lowest BCUT2D eigenvalue weighted by molar-refractivity contribution is 0.668. The van der Waals surface area contributed by atoms with E-state index in [0.29, 0.717) is 12.3 Å². The maximum Gasteiger partial charge on any atom is 0.162 e. The van der Waals surface area contributed by atoms with Crippen LogP contribution >= 0.6 is 0 Å². The van der Waals surface area contributed by atoms with E-state index in [2.05, 4.69) is 186 Å². The summed E-state index contributed by atoms with van der Waals surface area (Å²) >= 11 is 0. The third-order valence-corrected chi connectivity index (χ3v) is 13.6. The highest BCUT2D eigenvalue weighted by molar-refractivity contribution is 6.24. The lowest BCUT2D eigenvalue weighted by Crippen LogP contribution is -2.23. The van der Waals surface area contributed by atoms with Crippen LogP contribution < -0.4 is 0 Å². The summed E-state index contributed by atoms with van der Waals surface area (Å²) in [6.45, 7) is 2.29. The molecule has 306 valence electrons. The second-order valence-electron chi connectivity index (χ2n) is 17.3. The molecule has 14 rings (SSSR count). The van der Waals surface area contributed by atoms with Crippen LogP contribution in [0, 0.1) is 5.92 Å². The minimum absolute atomic E-state index is 0.00320. The molecule has 0 saturated heterocycles. The van der Waals surface area contributed by atoms with Crippen LogP contribution in [0.5, 0.6) is 0 Å². The van der Waals surface area contributed by atoms with Crippen molar-refractivity contribution in [3.05, 3.63) is 205 Å². The summed E-state index contributed by atoms with van der Waals surface area (Å²) in [4.78, 5) is 11.6. The number of aromatic nitrogens is 2. The number of hydrogen-bond acceptors (Lipinski definition) is 4. The molecule has 13 aromatic rings. The lowest BCUT2D eigenvalue weighted by atomic mass is 9.98. The molecule has 9 aromatic carbocycles. The quantitative estimate of drug-likeness (QED) is 0.178. The Bertz CT molecular complexity index is 4190. The molecule has 0 aliphatic carbocycles. The molecule has 0 saturated carbocycles. The van der Waals surface area contributed by atoms with E-state index in [1.165, 1.54) is 32.3 Å². The third-order valence-electron chi connectivity index (χ3n) is 13.6. The van der Waals surface area contributed by atoms with Gasteiger partial charge < -0.3 is 13.4 Å². The van der Waals surface area contributed by atoms with Crippen molar-refractivity contribution < 1.29 is 8.83 Å². The number of nitrogens with zero attached hydrogens (tertiary/aromatic N) is 4. The van der Waals surface area contributed by atoms with Crippen molar-refractivity contribution in [2.24, 2.45) is 15.9 Å². The zero-order valence-electron chi connectivity index (χ0n) is 35.4. The molecule has 1 aliphatic heterocycles. The molecule has 0 amide bonds. The Morgan fingerprint density at radius 1 is 0.431 bits per heavy atom. The van der Waals surface area contributed by atoms with Crippen molar-refractivity contribution in [2.75, 3.05) is 0 Å².